The van der Waals surface area contributed by atoms with Gasteiger partial charge in [-0.3, -0.25) is 9.59 Å². The molecule has 0 radical (unpaired) electrons. The van der Waals surface area contributed by atoms with Gasteiger partial charge in [-0.15, -0.1) is 23.5 Å². The number of amides is 2. The van der Waals surface area contributed by atoms with Crippen molar-refractivity contribution in [2.75, 3.05) is 23.1 Å². The van der Waals surface area contributed by atoms with Crippen molar-refractivity contribution < 1.29 is 9.59 Å². The van der Waals surface area contributed by atoms with Crippen LogP contribution in [0.2, 0.25) is 0 Å². The lowest BCUT2D eigenvalue weighted by molar-refractivity contribution is 0.101. The Morgan fingerprint density at radius 3 is 1.53 bits per heavy atom. The van der Waals surface area contributed by atoms with Crippen LogP contribution in [0.1, 0.15) is 20.7 Å². The van der Waals surface area contributed by atoms with Crippen molar-refractivity contribution >= 4 is 78.6 Å². The Morgan fingerprint density at radius 1 is 0.700 bits per heavy atom. The molecule has 3 aromatic rings. The van der Waals surface area contributed by atoms with E-state index in [4.69, 9.17) is 0 Å². The van der Waals surface area contributed by atoms with Gasteiger partial charge in [0.25, 0.3) is 11.8 Å². The van der Waals surface area contributed by atoms with Gasteiger partial charge >= 0.3 is 0 Å². The lowest BCUT2D eigenvalue weighted by atomic mass is 10.2. The lowest BCUT2D eigenvalue weighted by Gasteiger charge is -2.12. The monoisotopic (exact) mass is 564 g/mol. The zero-order valence-electron chi connectivity index (χ0n) is 16.2. The SMILES string of the molecule is CSc1ccc(Br)cc1C(=O)Nc1cccc(NC(=O)c2cc(Br)ccc2SC)c1. The second kappa shape index (κ2) is 10.5. The fourth-order valence-electron chi connectivity index (χ4n) is 2.79. The summed E-state index contributed by atoms with van der Waals surface area (Å²) in [7, 11) is 0. The third-order valence-electron chi connectivity index (χ3n) is 4.19. The van der Waals surface area contributed by atoms with Crippen LogP contribution in [-0.2, 0) is 0 Å². The fraction of sp³-hybridized carbons (Fsp3) is 0.0909. The Hall–Kier alpha value is -1.74. The molecule has 3 aromatic carbocycles. The molecule has 3 rings (SSSR count). The minimum atomic E-state index is -0.208. The van der Waals surface area contributed by atoms with Crippen LogP contribution in [-0.4, -0.2) is 24.3 Å². The van der Waals surface area contributed by atoms with Crippen LogP contribution in [0.4, 0.5) is 11.4 Å². The number of anilines is 2. The third-order valence-corrected chi connectivity index (χ3v) is 6.77. The highest BCUT2D eigenvalue weighted by molar-refractivity contribution is 9.10. The van der Waals surface area contributed by atoms with E-state index < -0.39 is 0 Å². The first-order chi connectivity index (χ1) is 14.4. The first kappa shape index (κ1) is 22.9. The number of nitrogens with one attached hydrogen (secondary N) is 2. The smallest absolute Gasteiger partial charge is 0.256 e. The minimum Gasteiger partial charge on any atom is -0.322 e. The molecule has 0 aromatic heterocycles. The summed E-state index contributed by atoms with van der Waals surface area (Å²) in [4.78, 5) is 27.3. The van der Waals surface area contributed by atoms with Crippen LogP contribution in [0.15, 0.2) is 79.4 Å². The van der Waals surface area contributed by atoms with E-state index in [1.807, 2.05) is 36.8 Å². The van der Waals surface area contributed by atoms with E-state index in [0.29, 0.717) is 22.5 Å². The second-order valence-electron chi connectivity index (χ2n) is 6.18. The normalized spacial score (nSPS) is 10.5. The summed E-state index contributed by atoms with van der Waals surface area (Å²) in [5, 5.41) is 5.82. The van der Waals surface area contributed by atoms with Gasteiger partial charge in [-0.2, -0.15) is 0 Å². The van der Waals surface area contributed by atoms with E-state index >= 15 is 0 Å². The van der Waals surface area contributed by atoms with Gasteiger partial charge in [-0.05, 0) is 67.1 Å². The molecule has 0 aliphatic carbocycles. The molecule has 2 N–H and O–H groups in total. The molecule has 4 nitrogen and oxygen atoms in total. The van der Waals surface area contributed by atoms with E-state index in [9.17, 15) is 9.59 Å². The van der Waals surface area contributed by atoms with Crippen molar-refractivity contribution in [3.8, 4) is 0 Å². The summed E-state index contributed by atoms with van der Waals surface area (Å²) in [5.41, 5.74) is 2.38. The van der Waals surface area contributed by atoms with Gasteiger partial charge in [0, 0.05) is 30.1 Å². The van der Waals surface area contributed by atoms with Crippen LogP contribution < -0.4 is 10.6 Å². The van der Waals surface area contributed by atoms with E-state index in [1.165, 1.54) is 23.5 Å². The molecule has 0 aliphatic heterocycles. The van der Waals surface area contributed by atoms with Gasteiger partial charge < -0.3 is 10.6 Å². The number of thioether (sulfide) groups is 2. The molecule has 30 heavy (non-hydrogen) atoms. The Morgan fingerprint density at radius 2 is 1.13 bits per heavy atom. The molecule has 0 atom stereocenters. The van der Waals surface area contributed by atoms with Crippen molar-refractivity contribution in [1.29, 1.82) is 0 Å². The zero-order chi connectivity index (χ0) is 21.7. The largest absolute Gasteiger partial charge is 0.322 e. The predicted molar refractivity (Wildman–Crippen MR) is 134 cm³/mol. The van der Waals surface area contributed by atoms with Crippen molar-refractivity contribution in [1.82, 2.24) is 0 Å². The summed E-state index contributed by atoms with van der Waals surface area (Å²) < 4.78 is 1.68. The van der Waals surface area contributed by atoms with E-state index in [0.717, 1.165) is 18.7 Å². The molecule has 0 aliphatic rings. The summed E-state index contributed by atoms with van der Waals surface area (Å²) in [6.45, 7) is 0. The Kier molecular flexibility index (Phi) is 8.05. The Bertz CT molecular complexity index is 1020. The number of benzene rings is 3. The molecular formula is C22H18Br2N2O2S2. The number of hydrogen-bond donors (Lipinski definition) is 2. The van der Waals surface area contributed by atoms with E-state index in [-0.39, 0.29) is 11.8 Å². The van der Waals surface area contributed by atoms with E-state index in [1.54, 1.807) is 36.4 Å². The highest BCUT2D eigenvalue weighted by Crippen LogP contribution is 2.27. The highest BCUT2D eigenvalue weighted by atomic mass is 79.9. The summed E-state index contributed by atoms with van der Waals surface area (Å²) in [5.74, 6) is -0.415. The summed E-state index contributed by atoms with van der Waals surface area (Å²) in [6, 6.07) is 18.3. The summed E-state index contributed by atoms with van der Waals surface area (Å²) >= 11 is 9.85. The minimum absolute atomic E-state index is 0.208. The number of halogens is 2. The average molecular weight is 566 g/mol. The van der Waals surface area contributed by atoms with Crippen LogP contribution in [0, 0.1) is 0 Å². The zero-order valence-corrected chi connectivity index (χ0v) is 21.0. The number of carbonyl (C=O) groups is 2. The third kappa shape index (κ3) is 5.69. The first-order valence-electron chi connectivity index (χ1n) is 8.81. The van der Waals surface area contributed by atoms with E-state index in [2.05, 4.69) is 42.5 Å². The topological polar surface area (TPSA) is 58.2 Å². The first-order valence-corrected chi connectivity index (χ1v) is 12.8. The predicted octanol–water partition coefficient (Wildman–Crippen LogP) is 7.16. The average Bonchev–Trinajstić information content (AvgIpc) is 2.73. The van der Waals surface area contributed by atoms with Gasteiger partial charge in [-0.1, -0.05) is 37.9 Å². The highest BCUT2D eigenvalue weighted by Gasteiger charge is 2.14. The van der Waals surface area contributed by atoms with Gasteiger partial charge in [0.05, 0.1) is 11.1 Å². The fourth-order valence-corrected chi connectivity index (χ4v) is 4.66. The molecule has 0 bridgehead atoms. The van der Waals surface area contributed by atoms with Gasteiger partial charge in [-0.25, -0.2) is 0 Å². The molecule has 0 saturated heterocycles. The second-order valence-corrected chi connectivity index (χ2v) is 9.71. The standard InChI is InChI=1S/C22H18Br2N2O2S2/c1-29-19-8-6-13(23)10-17(19)21(27)25-15-4-3-5-16(12-15)26-22(28)18-11-14(24)7-9-20(18)30-2/h3-12H,1-2H3,(H,25,27)(H,26,28). The van der Waals surface area contributed by atoms with Crippen LogP contribution in [0.3, 0.4) is 0 Å². The molecule has 0 saturated carbocycles. The molecule has 2 amide bonds. The van der Waals surface area contributed by atoms with Crippen molar-refractivity contribution in [2.45, 2.75) is 9.79 Å². The molecule has 0 heterocycles. The molecule has 154 valence electrons. The molecular weight excluding hydrogens is 548 g/mol. The van der Waals surface area contributed by atoms with Crippen LogP contribution >= 0.6 is 55.4 Å². The lowest BCUT2D eigenvalue weighted by Crippen LogP contribution is -2.15. The molecule has 8 heteroatoms. The van der Waals surface area contributed by atoms with Crippen molar-refractivity contribution in [3.63, 3.8) is 0 Å². The molecule has 0 fully saturated rings. The molecule has 0 unspecified atom stereocenters. The van der Waals surface area contributed by atoms with Crippen LogP contribution in [0.25, 0.3) is 0 Å². The maximum Gasteiger partial charge on any atom is 0.256 e. The number of hydrogen-bond acceptors (Lipinski definition) is 4. The van der Waals surface area contributed by atoms with Crippen LogP contribution in [0.5, 0.6) is 0 Å². The van der Waals surface area contributed by atoms with Gasteiger partial charge in [0.15, 0.2) is 0 Å². The number of rotatable bonds is 6. The maximum absolute atomic E-state index is 12.8. The molecule has 0 spiro atoms. The van der Waals surface area contributed by atoms with Crippen molar-refractivity contribution in [2.24, 2.45) is 0 Å². The Balaban J connectivity index is 1.79. The van der Waals surface area contributed by atoms with Crippen molar-refractivity contribution in [3.05, 3.63) is 80.7 Å². The number of carbonyl (C=O) groups excluding carboxylic acids is 2. The maximum atomic E-state index is 12.8. The quantitative estimate of drug-likeness (QED) is 0.311. The Labute approximate surface area is 200 Å². The van der Waals surface area contributed by atoms with Gasteiger partial charge in [0.2, 0.25) is 0 Å². The van der Waals surface area contributed by atoms with Gasteiger partial charge in [0.1, 0.15) is 0 Å². The summed E-state index contributed by atoms with van der Waals surface area (Å²) in [6.07, 6.45) is 3.86.